The van der Waals surface area contributed by atoms with Gasteiger partial charge in [-0.15, -0.1) is 13.2 Å². The van der Waals surface area contributed by atoms with Crippen LogP contribution < -0.4 is 10.3 Å². The lowest BCUT2D eigenvalue weighted by molar-refractivity contribution is -0.275. The third kappa shape index (κ3) is 3.39. The van der Waals surface area contributed by atoms with Crippen LogP contribution in [0.25, 0.3) is 0 Å². The lowest BCUT2D eigenvalue weighted by atomic mass is 10.2. The second-order valence-electron chi connectivity index (χ2n) is 3.06. The number of hydrogen-bond acceptors (Lipinski definition) is 3. The van der Waals surface area contributed by atoms with Gasteiger partial charge in [0, 0.05) is 6.07 Å². The maximum atomic E-state index is 12.3. The van der Waals surface area contributed by atoms with Gasteiger partial charge in [-0.1, -0.05) is 0 Å². The van der Waals surface area contributed by atoms with Crippen molar-refractivity contribution in [2.75, 3.05) is 0 Å². The van der Waals surface area contributed by atoms with Gasteiger partial charge in [0.25, 0.3) is 5.56 Å². The Kier molecular flexibility index (Phi) is 3.60. The fourth-order valence-electron chi connectivity index (χ4n) is 1.09. The van der Waals surface area contributed by atoms with E-state index in [1.54, 1.807) is 0 Å². The first-order chi connectivity index (χ1) is 8.04. The lowest BCUT2D eigenvalue weighted by Crippen LogP contribution is -2.25. The van der Waals surface area contributed by atoms with Gasteiger partial charge in [-0.3, -0.25) is 4.79 Å². The highest BCUT2D eigenvalue weighted by atomic mass is 19.4. The monoisotopic (exact) mass is 277 g/mol. The second kappa shape index (κ2) is 4.52. The SMILES string of the molecule is O=c1[nH]c(CO)c(OC(F)(F)F)cc1C(F)(F)F. The first kappa shape index (κ1) is 14.4. The molecule has 102 valence electrons. The molecule has 0 bridgehead atoms. The molecule has 10 heteroatoms. The van der Waals surface area contributed by atoms with E-state index in [1.165, 1.54) is 4.98 Å². The molecule has 0 aliphatic heterocycles. The maximum Gasteiger partial charge on any atom is 0.573 e. The zero-order chi connectivity index (χ0) is 14.1. The summed E-state index contributed by atoms with van der Waals surface area (Å²) in [5, 5.41) is 8.63. The van der Waals surface area contributed by atoms with Crippen molar-refractivity contribution in [1.82, 2.24) is 4.98 Å². The lowest BCUT2D eigenvalue weighted by Gasteiger charge is -2.14. The van der Waals surface area contributed by atoms with E-state index >= 15 is 0 Å². The summed E-state index contributed by atoms with van der Waals surface area (Å²) in [7, 11) is 0. The number of aromatic nitrogens is 1. The van der Waals surface area contributed by atoms with E-state index in [9.17, 15) is 31.1 Å². The van der Waals surface area contributed by atoms with Gasteiger partial charge >= 0.3 is 12.5 Å². The van der Waals surface area contributed by atoms with Crippen LogP contribution in [0.2, 0.25) is 0 Å². The summed E-state index contributed by atoms with van der Waals surface area (Å²) < 4.78 is 75.8. The van der Waals surface area contributed by atoms with Crippen LogP contribution in [-0.4, -0.2) is 16.5 Å². The van der Waals surface area contributed by atoms with Crippen molar-refractivity contribution < 1.29 is 36.2 Å². The van der Waals surface area contributed by atoms with Crippen LogP contribution in [0.3, 0.4) is 0 Å². The normalized spacial score (nSPS) is 12.6. The molecule has 1 aromatic rings. The van der Waals surface area contributed by atoms with Gasteiger partial charge in [0.15, 0.2) is 5.75 Å². The van der Waals surface area contributed by atoms with Gasteiger partial charge in [-0.05, 0) is 0 Å². The Morgan fingerprint density at radius 1 is 1.22 bits per heavy atom. The van der Waals surface area contributed by atoms with E-state index in [4.69, 9.17) is 5.11 Å². The van der Waals surface area contributed by atoms with E-state index in [2.05, 4.69) is 4.74 Å². The van der Waals surface area contributed by atoms with E-state index in [-0.39, 0.29) is 6.07 Å². The van der Waals surface area contributed by atoms with Crippen molar-refractivity contribution in [2.45, 2.75) is 19.1 Å². The van der Waals surface area contributed by atoms with Crippen LogP contribution in [0.4, 0.5) is 26.3 Å². The van der Waals surface area contributed by atoms with Gasteiger partial charge in [0.1, 0.15) is 5.56 Å². The number of alkyl halides is 6. The van der Waals surface area contributed by atoms with Gasteiger partial charge < -0.3 is 14.8 Å². The van der Waals surface area contributed by atoms with Crippen molar-refractivity contribution in [2.24, 2.45) is 0 Å². The zero-order valence-electron chi connectivity index (χ0n) is 8.32. The molecular formula is C8H5F6NO3. The van der Waals surface area contributed by atoms with Crippen LogP contribution in [0.15, 0.2) is 10.9 Å². The number of rotatable bonds is 2. The van der Waals surface area contributed by atoms with E-state index in [0.717, 1.165) is 0 Å². The van der Waals surface area contributed by atoms with Crippen LogP contribution in [-0.2, 0) is 12.8 Å². The average Bonchev–Trinajstić information content (AvgIpc) is 2.16. The van der Waals surface area contributed by atoms with Gasteiger partial charge in [-0.25, -0.2) is 0 Å². The molecule has 0 aliphatic carbocycles. The maximum absolute atomic E-state index is 12.3. The topological polar surface area (TPSA) is 62.3 Å². The minimum absolute atomic E-state index is 0.113. The van der Waals surface area contributed by atoms with Crippen molar-refractivity contribution in [3.05, 3.63) is 27.7 Å². The summed E-state index contributed by atoms with van der Waals surface area (Å²) in [4.78, 5) is 12.4. The fourth-order valence-corrected chi connectivity index (χ4v) is 1.09. The molecular weight excluding hydrogens is 272 g/mol. The molecule has 0 aliphatic rings. The summed E-state index contributed by atoms with van der Waals surface area (Å²) in [6, 6.07) is -0.113. The van der Waals surface area contributed by atoms with Crippen molar-refractivity contribution in [3.8, 4) is 5.75 Å². The summed E-state index contributed by atoms with van der Waals surface area (Å²) in [5.41, 5.74) is -4.31. The summed E-state index contributed by atoms with van der Waals surface area (Å²) in [6.45, 7) is -1.11. The molecule has 0 spiro atoms. The van der Waals surface area contributed by atoms with Crippen LogP contribution in [0, 0.1) is 0 Å². The Morgan fingerprint density at radius 2 is 1.78 bits per heavy atom. The number of H-pyrrole nitrogens is 1. The predicted octanol–water partition coefficient (Wildman–Crippen LogP) is 1.78. The molecule has 1 heterocycles. The largest absolute Gasteiger partial charge is 0.573 e. The molecule has 18 heavy (non-hydrogen) atoms. The number of pyridine rings is 1. The Morgan fingerprint density at radius 3 is 2.17 bits per heavy atom. The molecule has 1 rings (SSSR count). The quantitative estimate of drug-likeness (QED) is 0.810. The predicted molar refractivity (Wildman–Crippen MR) is 44.7 cm³/mol. The van der Waals surface area contributed by atoms with E-state index in [1.807, 2.05) is 0 Å². The first-order valence-electron chi connectivity index (χ1n) is 4.24. The molecule has 0 atom stereocenters. The van der Waals surface area contributed by atoms with Crippen molar-refractivity contribution in [1.29, 1.82) is 0 Å². The zero-order valence-corrected chi connectivity index (χ0v) is 8.32. The highest BCUT2D eigenvalue weighted by molar-refractivity contribution is 5.32. The highest BCUT2D eigenvalue weighted by Gasteiger charge is 2.37. The third-order valence-electron chi connectivity index (χ3n) is 1.77. The van der Waals surface area contributed by atoms with Gasteiger partial charge in [0.05, 0.1) is 12.3 Å². The second-order valence-corrected chi connectivity index (χ2v) is 3.06. The molecule has 0 saturated carbocycles. The van der Waals surface area contributed by atoms with Crippen LogP contribution in [0.5, 0.6) is 5.75 Å². The van der Waals surface area contributed by atoms with Gasteiger partial charge in [0.2, 0.25) is 0 Å². The highest BCUT2D eigenvalue weighted by Crippen LogP contribution is 2.31. The summed E-state index contributed by atoms with van der Waals surface area (Å²) in [5.74, 6) is -1.31. The number of aromatic amines is 1. The van der Waals surface area contributed by atoms with E-state index < -0.39 is 41.7 Å². The molecule has 0 radical (unpaired) electrons. The van der Waals surface area contributed by atoms with Crippen molar-refractivity contribution in [3.63, 3.8) is 0 Å². The summed E-state index contributed by atoms with van der Waals surface area (Å²) >= 11 is 0. The standard InChI is InChI=1S/C8H5F6NO3/c9-7(10,11)3-1-5(18-8(12,13)14)4(2-16)15-6(3)17/h1,16H,2H2,(H,15,17). The number of halogens is 6. The first-order valence-corrected chi connectivity index (χ1v) is 4.24. The average molecular weight is 277 g/mol. The Balaban J connectivity index is 3.36. The molecule has 2 N–H and O–H groups in total. The summed E-state index contributed by atoms with van der Waals surface area (Å²) in [6.07, 6.45) is -10.4. The molecule has 0 fully saturated rings. The Labute approximate surface area is 94.8 Å². The fraction of sp³-hybridized carbons (Fsp3) is 0.375. The van der Waals surface area contributed by atoms with Gasteiger partial charge in [-0.2, -0.15) is 13.2 Å². The number of aliphatic hydroxyl groups is 1. The van der Waals surface area contributed by atoms with Crippen molar-refractivity contribution >= 4 is 0 Å². The van der Waals surface area contributed by atoms with Crippen LogP contribution in [0.1, 0.15) is 11.3 Å². The minimum atomic E-state index is -5.25. The third-order valence-corrected chi connectivity index (χ3v) is 1.77. The van der Waals surface area contributed by atoms with Crippen LogP contribution >= 0.6 is 0 Å². The molecule has 0 aromatic carbocycles. The molecule has 0 unspecified atom stereocenters. The van der Waals surface area contributed by atoms with E-state index in [0.29, 0.717) is 0 Å². The number of ether oxygens (including phenoxy) is 1. The molecule has 0 saturated heterocycles. The molecule has 1 aromatic heterocycles. The Bertz CT molecular complexity index is 489. The minimum Gasteiger partial charge on any atom is -0.404 e. The number of nitrogens with one attached hydrogen (secondary N) is 1. The number of aliphatic hydroxyl groups excluding tert-OH is 1. The smallest absolute Gasteiger partial charge is 0.404 e. The number of hydrogen-bond donors (Lipinski definition) is 2. The Hall–Kier alpha value is -1.71. The molecule has 4 nitrogen and oxygen atoms in total. The molecule has 0 amide bonds.